The van der Waals surface area contributed by atoms with Crippen molar-refractivity contribution >= 4 is 39.3 Å². The molecule has 0 saturated heterocycles. The zero-order valence-corrected chi connectivity index (χ0v) is 16.2. The molecule has 0 atom stereocenters. The molecule has 5 nitrogen and oxygen atoms in total. The minimum absolute atomic E-state index is 0.173. The van der Waals surface area contributed by atoms with Crippen LogP contribution in [0.1, 0.15) is 12.5 Å². The number of carbonyl (C=O) groups is 1. The maximum absolute atomic E-state index is 12.2. The molecule has 130 valence electrons. The fourth-order valence-corrected chi connectivity index (χ4v) is 3.22. The Morgan fingerprint density at radius 1 is 1.32 bits per heavy atom. The van der Waals surface area contributed by atoms with Crippen molar-refractivity contribution in [1.82, 2.24) is 0 Å². The maximum Gasteiger partial charge on any atom is 0.262 e. The number of amides is 1. The standard InChI is InChI=1S/C18H17BrN2O3S/c1-3-23-15-9-12(10-20)8-13(19)18(15)24-11-17(22)21-14-6-4-5-7-16(14)25-2/h4-9H,3,11H2,1-2H3,(H,21,22). The molecular formula is C18H17BrN2O3S. The van der Waals surface area contributed by atoms with Crippen LogP contribution in [0.15, 0.2) is 45.8 Å². The van der Waals surface area contributed by atoms with Crippen LogP contribution in [0.3, 0.4) is 0 Å². The summed E-state index contributed by atoms with van der Waals surface area (Å²) in [6.07, 6.45) is 1.95. The highest BCUT2D eigenvalue weighted by Gasteiger charge is 2.14. The molecule has 0 bridgehead atoms. The van der Waals surface area contributed by atoms with Crippen LogP contribution in [-0.2, 0) is 4.79 Å². The number of nitrogens with zero attached hydrogens (tertiary/aromatic N) is 1. The summed E-state index contributed by atoms with van der Waals surface area (Å²) in [7, 11) is 0. The van der Waals surface area contributed by atoms with E-state index in [1.165, 1.54) is 0 Å². The second-order valence-corrected chi connectivity index (χ2v) is 6.57. The number of nitrogens with one attached hydrogen (secondary N) is 1. The van der Waals surface area contributed by atoms with Crippen molar-refractivity contribution in [2.24, 2.45) is 0 Å². The number of thioether (sulfide) groups is 1. The molecule has 0 saturated carbocycles. The molecule has 0 aliphatic carbocycles. The Hall–Kier alpha value is -2.17. The third-order valence-electron chi connectivity index (χ3n) is 3.17. The quantitative estimate of drug-likeness (QED) is 0.669. The van der Waals surface area contributed by atoms with Crippen LogP contribution in [0.25, 0.3) is 0 Å². The Balaban J connectivity index is 2.10. The van der Waals surface area contributed by atoms with E-state index in [0.717, 1.165) is 10.6 Å². The predicted molar refractivity (Wildman–Crippen MR) is 102 cm³/mol. The molecule has 0 unspecified atom stereocenters. The van der Waals surface area contributed by atoms with Crippen LogP contribution < -0.4 is 14.8 Å². The van der Waals surface area contributed by atoms with Crippen LogP contribution in [0, 0.1) is 11.3 Å². The minimum Gasteiger partial charge on any atom is -0.490 e. The summed E-state index contributed by atoms with van der Waals surface area (Å²) >= 11 is 4.91. The van der Waals surface area contributed by atoms with Gasteiger partial charge >= 0.3 is 0 Å². The summed E-state index contributed by atoms with van der Waals surface area (Å²) < 4.78 is 11.7. The SMILES string of the molecule is CCOc1cc(C#N)cc(Br)c1OCC(=O)Nc1ccccc1SC. The third-order valence-corrected chi connectivity index (χ3v) is 4.55. The Bertz CT molecular complexity index is 805. The first kappa shape index (κ1) is 19.2. The van der Waals surface area contributed by atoms with Crippen LogP contribution >= 0.6 is 27.7 Å². The second-order valence-electron chi connectivity index (χ2n) is 4.87. The van der Waals surface area contributed by atoms with E-state index in [1.807, 2.05) is 37.4 Å². The Morgan fingerprint density at radius 3 is 2.76 bits per heavy atom. The molecule has 2 aromatic carbocycles. The van der Waals surface area contributed by atoms with E-state index in [2.05, 4.69) is 27.3 Å². The number of carbonyl (C=O) groups excluding carboxylic acids is 1. The number of hydrogen-bond acceptors (Lipinski definition) is 5. The van der Waals surface area contributed by atoms with Crippen molar-refractivity contribution in [2.45, 2.75) is 11.8 Å². The molecule has 1 N–H and O–H groups in total. The highest BCUT2D eigenvalue weighted by atomic mass is 79.9. The average Bonchev–Trinajstić information content (AvgIpc) is 2.61. The van der Waals surface area contributed by atoms with Gasteiger partial charge in [-0.05, 0) is 47.3 Å². The second kappa shape index (κ2) is 9.35. The molecule has 1 amide bonds. The van der Waals surface area contributed by atoms with Gasteiger partial charge in [0.05, 0.1) is 28.4 Å². The van der Waals surface area contributed by atoms with Crippen LogP contribution in [0.4, 0.5) is 5.69 Å². The van der Waals surface area contributed by atoms with Gasteiger partial charge in [0.1, 0.15) is 0 Å². The predicted octanol–water partition coefficient (Wildman–Crippen LogP) is 4.46. The molecule has 0 aromatic heterocycles. The Kier molecular flexibility index (Phi) is 7.16. The van der Waals surface area contributed by atoms with E-state index >= 15 is 0 Å². The van der Waals surface area contributed by atoms with Gasteiger partial charge in [0.15, 0.2) is 18.1 Å². The van der Waals surface area contributed by atoms with Gasteiger partial charge in [0.25, 0.3) is 5.91 Å². The highest BCUT2D eigenvalue weighted by molar-refractivity contribution is 9.10. The lowest BCUT2D eigenvalue weighted by molar-refractivity contribution is -0.118. The van der Waals surface area contributed by atoms with Gasteiger partial charge in [-0.2, -0.15) is 5.26 Å². The summed E-state index contributed by atoms with van der Waals surface area (Å²) in [6.45, 7) is 2.08. The van der Waals surface area contributed by atoms with E-state index < -0.39 is 0 Å². The maximum atomic E-state index is 12.2. The molecule has 2 aromatic rings. The van der Waals surface area contributed by atoms with E-state index in [-0.39, 0.29) is 12.5 Å². The lowest BCUT2D eigenvalue weighted by Crippen LogP contribution is -2.21. The van der Waals surface area contributed by atoms with E-state index in [1.54, 1.807) is 23.9 Å². The smallest absolute Gasteiger partial charge is 0.262 e. The molecule has 0 spiro atoms. The fraction of sp³-hybridized carbons (Fsp3) is 0.222. The molecule has 0 aliphatic rings. The van der Waals surface area contributed by atoms with Crippen LogP contribution in [0.2, 0.25) is 0 Å². The van der Waals surface area contributed by atoms with Gasteiger partial charge in [-0.3, -0.25) is 4.79 Å². The van der Waals surface area contributed by atoms with Crippen molar-refractivity contribution < 1.29 is 14.3 Å². The number of halogens is 1. The molecule has 0 aliphatic heterocycles. The molecule has 2 rings (SSSR count). The summed E-state index contributed by atoms with van der Waals surface area (Å²) in [6, 6.07) is 12.8. The molecule has 0 radical (unpaired) electrons. The van der Waals surface area contributed by atoms with Crippen molar-refractivity contribution in [1.29, 1.82) is 5.26 Å². The number of ether oxygens (including phenoxy) is 2. The molecule has 0 fully saturated rings. The third kappa shape index (κ3) is 5.15. The van der Waals surface area contributed by atoms with Gasteiger partial charge in [-0.1, -0.05) is 12.1 Å². The Morgan fingerprint density at radius 2 is 2.08 bits per heavy atom. The zero-order valence-electron chi connectivity index (χ0n) is 13.8. The molecule has 7 heteroatoms. The number of rotatable bonds is 7. The lowest BCUT2D eigenvalue weighted by atomic mass is 10.2. The monoisotopic (exact) mass is 420 g/mol. The molecular weight excluding hydrogens is 404 g/mol. The first-order valence-electron chi connectivity index (χ1n) is 7.51. The van der Waals surface area contributed by atoms with Gasteiger partial charge < -0.3 is 14.8 Å². The average molecular weight is 421 g/mol. The Labute approximate surface area is 159 Å². The van der Waals surface area contributed by atoms with Crippen molar-refractivity contribution in [2.75, 3.05) is 24.8 Å². The van der Waals surface area contributed by atoms with Crippen molar-refractivity contribution in [3.05, 3.63) is 46.4 Å². The van der Waals surface area contributed by atoms with Crippen molar-refractivity contribution in [3.63, 3.8) is 0 Å². The van der Waals surface area contributed by atoms with E-state index in [4.69, 9.17) is 14.7 Å². The topological polar surface area (TPSA) is 71.3 Å². The van der Waals surface area contributed by atoms with Gasteiger partial charge in [0.2, 0.25) is 0 Å². The van der Waals surface area contributed by atoms with Gasteiger partial charge in [0, 0.05) is 11.0 Å². The summed E-state index contributed by atoms with van der Waals surface area (Å²) in [5, 5.41) is 11.9. The summed E-state index contributed by atoms with van der Waals surface area (Å²) in [4.78, 5) is 13.2. The number of para-hydroxylation sites is 1. The lowest BCUT2D eigenvalue weighted by Gasteiger charge is -2.14. The van der Waals surface area contributed by atoms with Crippen LogP contribution in [0.5, 0.6) is 11.5 Å². The largest absolute Gasteiger partial charge is 0.490 e. The minimum atomic E-state index is -0.278. The van der Waals surface area contributed by atoms with Gasteiger partial charge in [-0.25, -0.2) is 0 Å². The normalized spacial score (nSPS) is 10.0. The number of anilines is 1. The van der Waals surface area contributed by atoms with Crippen LogP contribution in [-0.4, -0.2) is 25.4 Å². The van der Waals surface area contributed by atoms with Crippen molar-refractivity contribution in [3.8, 4) is 17.6 Å². The zero-order chi connectivity index (χ0) is 18.2. The van der Waals surface area contributed by atoms with Gasteiger partial charge in [-0.15, -0.1) is 11.8 Å². The first-order valence-corrected chi connectivity index (χ1v) is 9.53. The van der Waals surface area contributed by atoms with E-state index in [0.29, 0.717) is 28.1 Å². The number of nitriles is 1. The number of benzene rings is 2. The number of hydrogen-bond donors (Lipinski definition) is 1. The molecule has 0 heterocycles. The molecule has 25 heavy (non-hydrogen) atoms. The fourth-order valence-electron chi connectivity index (χ4n) is 2.11. The summed E-state index contributed by atoms with van der Waals surface area (Å²) in [5.74, 6) is 0.542. The van der Waals surface area contributed by atoms with E-state index in [9.17, 15) is 4.79 Å². The first-order chi connectivity index (χ1) is 12.1. The highest BCUT2D eigenvalue weighted by Crippen LogP contribution is 2.36. The summed E-state index contributed by atoms with van der Waals surface area (Å²) in [5.41, 5.74) is 1.19.